The fraction of sp³-hybridized carbons (Fsp3) is 0.562. The van der Waals surface area contributed by atoms with Gasteiger partial charge in [0.05, 0.1) is 11.6 Å². The van der Waals surface area contributed by atoms with Gasteiger partial charge in [0.2, 0.25) is 0 Å². The maximum Gasteiger partial charge on any atom is 0.120 e. The Bertz CT molecular complexity index is 493. The molecule has 0 bridgehead atoms. The zero-order chi connectivity index (χ0) is 14.6. The molecule has 0 amide bonds. The molecular weight excluding hydrogens is 252 g/mol. The van der Waals surface area contributed by atoms with Crippen LogP contribution in [0.3, 0.4) is 0 Å². The van der Waals surface area contributed by atoms with Crippen molar-refractivity contribution in [2.24, 2.45) is 11.3 Å². The van der Waals surface area contributed by atoms with Crippen molar-refractivity contribution in [1.82, 2.24) is 5.32 Å². The van der Waals surface area contributed by atoms with Crippen molar-refractivity contribution >= 4 is 0 Å². The van der Waals surface area contributed by atoms with Crippen LogP contribution in [0, 0.1) is 22.7 Å². The van der Waals surface area contributed by atoms with Gasteiger partial charge in [0.15, 0.2) is 0 Å². The average Bonchev–Trinajstić information content (AvgIpc) is 3.04. The number of hydrogen-bond acceptors (Lipinski definition) is 4. The third-order valence-electron chi connectivity index (χ3n) is 3.89. The summed E-state index contributed by atoms with van der Waals surface area (Å²) in [7, 11) is 0. The van der Waals surface area contributed by atoms with Gasteiger partial charge in [0.1, 0.15) is 18.5 Å². The molecule has 0 heterocycles. The van der Waals surface area contributed by atoms with E-state index in [-0.39, 0.29) is 6.61 Å². The molecule has 2 unspecified atom stereocenters. The second-order valence-electron chi connectivity index (χ2n) is 6.15. The minimum Gasteiger partial charge on any atom is -0.491 e. The highest BCUT2D eigenvalue weighted by Crippen LogP contribution is 2.50. The number of rotatable bonds is 7. The first-order valence-electron chi connectivity index (χ1n) is 7.03. The SMILES string of the molecule is CC1(C)CC1CNCC(O)COc1cccc(C#N)c1. The average molecular weight is 274 g/mol. The Hall–Kier alpha value is -1.57. The van der Waals surface area contributed by atoms with Gasteiger partial charge in [-0.15, -0.1) is 0 Å². The summed E-state index contributed by atoms with van der Waals surface area (Å²) >= 11 is 0. The quantitative estimate of drug-likeness (QED) is 0.797. The molecule has 1 aromatic rings. The standard InChI is InChI=1S/C16H22N2O2/c1-16(2)7-13(16)9-18-10-14(19)11-20-15-5-3-4-12(6-15)8-17/h3-6,13-14,18-19H,7,9-11H2,1-2H3. The first-order chi connectivity index (χ1) is 9.51. The molecule has 0 saturated heterocycles. The van der Waals surface area contributed by atoms with E-state index in [1.807, 2.05) is 0 Å². The molecule has 1 saturated carbocycles. The zero-order valence-electron chi connectivity index (χ0n) is 12.1. The van der Waals surface area contributed by atoms with E-state index >= 15 is 0 Å². The third kappa shape index (κ3) is 4.22. The first kappa shape index (κ1) is 14.8. The van der Waals surface area contributed by atoms with Gasteiger partial charge in [-0.1, -0.05) is 19.9 Å². The van der Waals surface area contributed by atoms with Crippen LogP contribution in [-0.4, -0.2) is 30.9 Å². The highest BCUT2D eigenvalue weighted by atomic mass is 16.5. The van der Waals surface area contributed by atoms with Gasteiger partial charge in [0.25, 0.3) is 0 Å². The number of nitrogens with one attached hydrogen (secondary N) is 1. The smallest absolute Gasteiger partial charge is 0.120 e. The number of hydrogen-bond donors (Lipinski definition) is 2. The first-order valence-corrected chi connectivity index (χ1v) is 7.03. The van der Waals surface area contributed by atoms with E-state index in [9.17, 15) is 5.11 Å². The predicted molar refractivity (Wildman–Crippen MR) is 77.4 cm³/mol. The second kappa shape index (κ2) is 6.25. The summed E-state index contributed by atoms with van der Waals surface area (Å²) in [6.45, 7) is 6.25. The summed E-state index contributed by atoms with van der Waals surface area (Å²) < 4.78 is 5.48. The predicted octanol–water partition coefficient (Wildman–Crippen LogP) is 1.93. The lowest BCUT2D eigenvalue weighted by Crippen LogP contribution is -2.33. The van der Waals surface area contributed by atoms with E-state index in [0.717, 1.165) is 12.5 Å². The van der Waals surface area contributed by atoms with Crippen LogP contribution in [0.5, 0.6) is 5.75 Å². The van der Waals surface area contributed by atoms with Crippen LogP contribution in [0.2, 0.25) is 0 Å². The molecule has 0 spiro atoms. The van der Waals surface area contributed by atoms with Crippen LogP contribution >= 0.6 is 0 Å². The normalized spacial score (nSPS) is 21.0. The molecule has 20 heavy (non-hydrogen) atoms. The van der Waals surface area contributed by atoms with Crippen molar-refractivity contribution in [1.29, 1.82) is 5.26 Å². The lowest BCUT2D eigenvalue weighted by molar-refractivity contribution is 0.106. The topological polar surface area (TPSA) is 65.3 Å². The molecule has 1 fully saturated rings. The van der Waals surface area contributed by atoms with Crippen molar-refractivity contribution in [2.45, 2.75) is 26.4 Å². The summed E-state index contributed by atoms with van der Waals surface area (Å²) in [6.07, 6.45) is 0.718. The van der Waals surface area contributed by atoms with E-state index in [1.54, 1.807) is 24.3 Å². The number of nitrogens with zero attached hydrogens (tertiary/aromatic N) is 1. The van der Waals surface area contributed by atoms with Gasteiger partial charge < -0.3 is 15.2 Å². The third-order valence-corrected chi connectivity index (χ3v) is 3.89. The molecule has 2 N–H and O–H groups in total. The molecule has 1 aliphatic rings. The van der Waals surface area contributed by atoms with Crippen molar-refractivity contribution in [2.75, 3.05) is 19.7 Å². The maximum absolute atomic E-state index is 9.85. The highest BCUT2D eigenvalue weighted by Gasteiger charge is 2.44. The fourth-order valence-corrected chi connectivity index (χ4v) is 2.26. The minimum atomic E-state index is -0.539. The molecule has 0 aliphatic heterocycles. The van der Waals surface area contributed by atoms with Gasteiger partial charge in [-0.25, -0.2) is 0 Å². The molecule has 1 aromatic carbocycles. The number of ether oxygens (including phenoxy) is 1. The molecule has 108 valence electrons. The van der Waals surface area contributed by atoms with Gasteiger partial charge in [-0.2, -0.15) is 5.26 Å². The molecule has 4 heteroatoms. The van der Waals surface area contributed by atoms with Crippen molar-refractivity contribution in [3.05, 3.63) is 29.8 Å². The van der Waals surface area contributed by atoms with E-state index in [2.05, 4.69) is 25.2 Å². The van der Waals surface area contributed by atoms with Gasteiger partial charge in [-0.3, -0.25) is 0 Å². The van der Waals surface area contributed by atoms with Crippen molar-refractivity contribution < 1.29 is 9.84 Å². The number of nitriles is 1. The summed E-state index contributed by atoms with van der Waals surface area (Å²) in [5, 5.41) is 21.9. The fourth-order valence-electron chi connectivity index (χ4n) is 2.26. The second-order valence-corrected chi connectivity index (χ2v) is 6.15. The largest absolute Gasteiger partial charge is 0.491 e. The van der Waals surface area contributed by atoms with Crippen LogP contribution in [0.15, 0.2) is 24.3 Å². The van der Waals surface area contributed by atoms with Crippen LogP contribution < -0.4 is 10.1 Å². The molecule has 1 aliphatic carbocycles. The Labute approximate surface area is 120 Å². The van der Waals surface area contributed by atoms with Crippen LogP contribution in [-0.2, 0) is 0 Å². The van der Waals surface area contributed by atoms with Crippen LogP contribution in [0.1, 0.15) is 25.8 Å². The van der Waals surface area contributed by atoms with Crippen molar-refractivity contribution in [3.63, 3.8) is 0 Å². The molecule has 2 atom stereocenters. The number of aliphatic hydroxyl groups excluding tert-OH is 1. The maximum atomic E-state index is 9.85. The van der Waals surface area contributed by atoms with Crippen LogP contribution in [0.4, 0.5) is 0 Å². The molecule has 4 nitrogen and oxygen atoms in total. The lowest BCUT2D eigenvalue weighted by atomic mass is 10.1. The Morgan fingerprint density at radius 2 is 2.30 bits per heavy atom. The molecule has 0 aromatic heterocycles. The zero-order valence-corrected chi connectivity index (χ0v) is 12.1. The monoisotopic (exact) mass is 274 g/mol. The van der Waals surface area contributed by atoms with Gasteiger partial charge >= 0.3 is 0 Å². The summed E-state index contributed by atoms with van der Waals surface area (Å²) in [4.78, 5) is 0. The Kier molecular flexibility index (Phi) is 4.64. The summed E-state index contributed by atoms with van der Waals surface area (Å²) in [6, 6.07) is 9.02. The lowest BCUT2D eigenvalue weighted by Gasteiger charge is -2.13. The molecule has 0 radical (unpaired) electrons. The van der Waals surface area contributed by atoms with E-state index in [4.69, 9.17) is 10.00 Å². The minimum absolute atomic E-state index is 0.232. The molecular formula is C16H22N2O2. The molecule has 2 rings (SSSR count). The van der Waals surface area contributed by atoms with E-state index in [1.165, 1.54) is 6.42 Å². The Morgan fingerprint density at radius 1 is 1.55 bits per heavy atom. The summed E-state index contributed by atoms with van der Waals surface area (Å²) in [5.74, 6) is 1.34. The van der Waals surface area contributed by atoms with Gasteiger partial charge in [-0.05, 0) is 42.5 Å². The number of aliphatic hydroxyl groups is 1. The highest BCUT2D eigenvalue weighted by molar-refractivity contribution is 5.36. The van der Waals surface area contributed by atoms with E-state index in [0.29, 0.717) is 23.3 Å². The van der Waals surface area contributed by atoms with E-state index < -0.39 is 6.10 Å². The van der Waals surface area contributed by atoms with Gasteiger partial charge in [0, 0.05) is 6.54 Å². The number of benzene rings is 1. The summed E-state index contributed by atoms with van der Waals surface area (Å²) in [5.41, 5.74) is 1.03. The Morgan fingerprint density at radius 3 is 2.95 bits per heavy atom. The Balaban J connectivity index is 1.64. The van der Waals surface area contributed by atoms with Crippen LogP contribution in [0.25, 0.3) is 0 Å². The van der Waals surface area contributed by atoms with Crippen molar-refractivity contribution in [3.8, 4) is 11.8 Å².